The molecule has 0 aliphatic rings. The second-order valence-corrected chi connectivity index (χ2v) is 13.6. The largest absolute Gasteiger partial charge is 0.455 e. The van der Waals surface area contributed by atoms with Crippen LogP contribution in [0, 0.1) is 0 Å². The molecule has 0 aliphatic carbocycles. The third-order valence-electron chi connectivity index (χ3n) is 10.1. The lowest BCUT2D eigenvalue weighted by molar-refractivity contribution is 0.671. The van der Waals surface area contributed by atoms with Gasteiger partial charge in [-0.15, -0.1) is 0 Å². The lowest BCUT2D eigenvalue weighted by atomic mass is 9.91. The van der Waals surface area contributed by atoms with Crippen LogP contribution in [0.3, 0.4) is 0 Å². The van der Waals surface area contributed by atoms with Crippen LogP contribution in [0.25, 0.3) is 101 Å². The van der Waals surface area contributed by atoms with Crippen LogP contribution in [0.5, 0.6) is 0 Å². The van der Waals surface area contributed by atoms with Crippen LogP contribution in [0.15, 0.2) is 205 Å². The first-order valence-corrected chi connectivity index (χ1v) is 18.4. The highest BCUT2D eigenvalue weighted by molar-refractivity contribution is 6.19. The van der Waals surface area contributed by atoms with E-state index in [2.05, 4.69) is 133 Å². The van der Waals surface area contributed by atoms with Crippen molar-refractivity contribution in [2.45, 2.75) is 0 Å². The summed E-state index contributed by atoms with van der Waals surface area (Å²) in [6.07, 6.45) is 0. The van der Waals surface area contributed by atoms with Crippen LogP contribution in [0.2, 0.25) is 0 Å². The van der Waals surface area contributed by atoms with Gasteiger partial charge in [0.1, 0.15) is 11.2 Å². The molecule has 2 aromatic heterocycles. The summed E-state index contributed by atoms with van der Waals surface area (Å²) in [7, 11) is 0. The number of hydrogen-bond donors (Lipinski definition) is 0. The second-order valence-electron chi connectivity index (χ2n) is 13.6. The second kappa shape index (κ2) is 13.8. The third kappa shape index (κ3) is 6.06. The van der Waals surface area contributed by atoms with E-state index in [1.807, 2.05) is 66.7 Å². The quantitative estimate of drug-likeness (QED) is 0.166. The van der Waals surface area contributed by atoms with Crippen LogP contribution in [-0.2, 0) is 0 Å². The van der Waals surface area contributed by atoms with E-state index >= 15 is 0 Å². The molecule has 0 spiro atoms. The van der Waals surface area contributed by atoms with Crippen molar-refractivity contribution in [3.63, 3.8) is 0 Å². The summed E-state index contributed by atoms with van der Waals surface area (Å²) in [5.74, 6) is 1.88. The average molecular weight is 704 g/mol. The van der Waals surface area contributed by atoms with E-state index < -0.39 is 0 Å². The van der Waals surface area contributed by atoms with Crippen molar-refractivity contribution in [1.82, 2.24) is 15.0 Å². The maximum Gasteiger partial charge on any atom is 0.164 e. The van der Waals surface area contributed by atoms with Gasteiger partial charge in [0.25, 0.3) is 0 Å². The molecule has 10 aromatic rings. The van der Waals surface area contributed by atoms with Crippen molar-refractivity contribution < 1.29 is 4.42 Å². The Morgan fingerprint density at radius 2 is 0.709 bits per heavy atom. The molecule has 4 nitrogen and oxygen atoms in total. The Labute approximate surface area is 319 Å². The molecule has 4 heteroatoms. The first kappa shape index (κ1) is 32.2. The number of rotatable bonds is 7. The molecule has 0 aliphatic heterocycles. The van der Waals surface area contributed by atoms with Crippen molar-refractivity contribution in [1.29, 1.82) is 0 Å². The van der Waals surface area contributed by atoms with Crippen LogP contribution in [0.1, 0.15) is 0 Å². The van der Waals surface area contributed by atoms with Crippen molar-refractivity contribution in [3.05, 3.63) is 200 Å². The van der Waals surface area contributed by atoms with E-state index in [9.17, 15) is 0 Å². The molecule has 0 saturated carbocycles. The number of furan rings is 1. The predicted molar refractivity (Wildman–Crippen MR) is 225 cm³/mol. The summed E-state index contributed by atoms with van der Waals surface area (Å²) in [5.41, 5.74) is 13.2. The summed E-state index contributed by atoms with van der Waals surface area (Å²) in [5, 5.41) is 2.13. The maximum absolute atomic E-state index is 7.09. The molecule has 0 N–H and O–H groups in total. The van der Waals surface area contributed by atoms with Crippen molar-refractivity contribution in [2.24, 2.45) is 0 Å². The Kier molecular flexibility index (Phi) is 8.12. The van der Waals surface area contributed by atoms with Gasteiger partial charge in [-0.3, -0.25) is 0 Å². The minimum Gasteiger partial charge on any atom is -0.455 e. The molecule has 0 unspecified atom stereocenters. The van der Waals surface area contributed by atoms with Crippen molar-refractivity contribution >= 4 is 21.9 Å². The molecule has 2 heterocycles. The fraction of sp³-hybridized carbons (Fsp3) is 0. The lowest BCUT2D eigenvalue weighted by Gasteiger charge is -2.11. The van der Waals surface area contributed by atoms with Gasteiger partial charge in [0.05, 0.1) is 0 Å². The first-order valence-electron chi connectivity index (χ1n) is 18.4. The zero-order valence-electron chi connectivity index (χ0n) is 29.8. The normalized spacial score (nSPS) is 11.3. The van der Waals surface area contributed by atoms with Gasteiger partial charge in [-0.2, -0.15) is 0 Å². The number of fused-ring (bicyclic) bond motifs is 3. The lowest BCUT2D eigenvalue weighted by Crippen LogP contribution is -2.00. The van der Waals surface area contributed by atoms with Crippen LogP contribution >= 0.6 is 0 Å². The predicted octanol–water partition coefficient (Wildman–Crippen LogP) is 13.4. The molecule has 258 valence electrons. The standard InChI is InChI=1S/C51H33N3O/c1-6-17-34(18-7-1)41-32-44(36-21-10-3-11-22-36)47-45(33-41)46-42(29-30-43(48(46)55-47)35-19-8-2-9-20-35)39-27-16-28-40(31-39)51-53-49(37-23-12-4-13-24-37)52-50(54-51)38-25-14-5-15-26-38/h1-33H. The third-order valence-corrected chi connectivity index (χ3v) is 10.1. The zero-order chi connectivity index (χ0) is 36.6. The zero-order valence-corrected chi connectivity index (χ0v) is 29.8. The van der Waals surface area contributed by atoms with Gasteiger partial charge in [-0.25, -0.2) is 15.0 Å². The molecule has 0 saturated heterocycles. The average Bonchev–Trinajstić information content (AvgIpc) is 3.67. The summed E-state index contributed by atoms with van der Waals surface area (Å²) >= 11 is 0. The molecule has 55 heavy (non-hydrogen) atoms. The Morgan fingerprint density at radius 1 is 0.273 bits per heavy atom. The summed E-state index contributed by atoms with van der Waals surface area (Å²) in [6.45, 7) is 0. The van der Waals surface area contributed by atoms with Gasteiger partial charge in [0, 0.05) is 38.6 Å². The summed E-state index contributed by atoms with van der Waals surface area (Å²) in [4.78, 5) is 15.0. The molecule has 0 bridgehead atoms. The van der Waals surface area contributed by atoms with Crippen LogP contribution < -0.4 is 0 Å². The number of benzene rings is 8. The van der Waals surface area contributed by atoms with Crippen LogP contribution in [0.4, 0.5) is 0 Å². The molecule has 10 rings (SSSR count). The highest BCUT2D eigenvalue weighted by atomic mass is 16.3. The monoisotopic (exact) mass is 703 g/mol. The minimum absolute atomic E-state index is 0.612. The van der Waals surface area contributed by atoms with Crippen LogP contribution in [-0.4, -0.2) is 15.0 Å². The van der Waals surface area contributed by atoms with E-state index in [-0.39, 0.29) is 0 Å². The number of aromatic nitrogens is 3. The molecule has 0 fully saturated rings. The molecular weight excluding hydrogens is 671 g/mol. The fourth-order valence-electron chi connectivity index (χ4n) is 7.46. The van der Waals surface area contributed by atoms with E-state index in [4.69, 9.17) is 19.4 Å². The topological polar surface area (TPSA) is 51.8 Å². The first-order chi connectivity index (χ1) is 27.3. The minimum atomic E-state index is 0.612. The Hall–Kier alpha value is -7.43. The van der Waals surface area contributed by atoms with E-state index in [1.54, 1.807) is 0 Å². The highest BCUT2D eigenvalue weighted by Gasteiger charge is 2.22. The molecular formula is C51H33N3O. The van der Waals surface area contributed by atoms with E-state index in [1.165, 1.54) is 0 Å². The molecule has 8 aromatic carbocycles. The summed E-state index contributed by atoms with van der Waals surface area (Å²) in [6, 6.07) is 69.2. The van der Waals surface area contributed by atoms with Gasteiger partial charge in [-0.05, 0) is 57.6 Å². The maximum atomic E-state index is 7.09. The van der Waals surface area contributed by atoms with Gasteiger partial charge < -0.3 is 4.42 Å². The molecule has 0 atom stereocenters. The summed E-state index contributed by atoms with van der Waals surface area (Å²) < 4.78 is 7.09. The van der Waals surface area contributed by atoms with Gasteiger partial charge in [0.2, 0.25) is 0 Å². The molecule has 0 amide bonds. The fourth-order valence-corrected chi connectivity index (χ4v) is 7.46. The Morgan fingerprint density at radius 3 is 1.27 bits per heavy atom. The van der Waals surface area contributed by atoms with Gasteiger partial charge in [-0.1, -0.05) is 176 Å². The van der Waals surface area contributed by atoms with E-state index in [0.29, 0.717) is 17.5 Å². The molecule has 0 radical (unpaired) electrons. The number of nitrogens with zero attached hydrogens (tertiary/aromatic N) is 3. The van der Waals surface area contributed by atoms with E-state index in [0.717, 1.165) is 83.1 Å². The van der Waals surface area contributed by atoms with Gasteiger partial charge in [0.15, 0.2) is 17.5 Å². The van der Waals surface area contributed by atoms with Gasteiger partial charge >= 0.3 is 0 Å². The number of hydrogen-bond acceptors (Lipinski definition) is 4. The SMILES string of the molecule is c1ccc(-c2cc(-c3ccccc3)c3oc4c(-c5ccccc5)ccc(-c5cccc(-c6nc(-c7ccccc7)nc(-c7ccccc7)n6)c5)c4c3c2)cc1. The van der Waals surface area contributed by atoms with Crippen molar-refractivity contribution in [3.8, 4) is 78.7 Å². The van der Waals surface area contributed by atoms with Crippen molar-refractivity contribution in [2.75, 3.05) is 0 Å². The smallest absolute Gasteiger partial charge is 0.164 e. The Balaban J connectivity index is 1.23. The highest BCUT2D eigenvalue weighted by Crippen LogP contribution is 2.46. The Bertz CT molecular complexity index is 2890.